The van der Waals surface area contributed by atoms with E-state index in [1.54, 1.807) is 36.4 Å². The van der Waals surface area contributed by atoms with Crippen LogP contribution in [0.25, 0.3) is 5.76 Å². The van der Waals surface area contributed by atoms with Gasteiger partial charge >= 0.3 is 0 Å². The number of Topliss-reactive ketones (excluding diaryl/α,β-unsaturated/α-hetero) is 1. The Bertz CT molecular complexity index is 1360. The molecule has 5 rings (SSSR count). The van der Waals surface area contributed by atoms with E-state index in [0.717, 1.165) is 31.2 Å². The fourth-order valence-corrected chi connectivity index (χ4v) is 5.18. The van der Waals surface area contributed by atoms with E-state index in [4.69, 9.17) is 9.47 Å². The summed E-state index contributed by atoms with van der Waals surface area (Å²) in [6.45, 7) is 0.723. The molecule has 196 valence electrons. The Kier molecular flexibility index (Phi) is 7.56. The van der Waals surface area contributed by atoms with E-state index in [-0.39, 0.29) is 36.9 Å². The van der Waals surface area contributed by atoms with Crippen molar-refractivity contribution >= 4 is 17.4 Å². The first kappa shape index (κ1) is 25.7. The number of ether oxygens (including phenoxy) is 2. The van der Waals surface area contributed by atoms with Gasteiger partial charge in [0.2, 0.25) is 0 Å². The van der Waals surface area contributed by atoms with E-state index < -0.39 is 17.7 Å². The lowest BCUT2D eigenvalue weighted by atomic mass is 9.88. The monoisotopic (exact) mass is 515 g/mol. The van der Waals surface area contributed by atoms with Gasteiger partial charge in [-0.05, 0) is 78.3 Å². The molecule has 0 spiro atoms. The maximum Gasteiger partial charge on any atom is 0.295 e. The summed E-state index contributed by atoms with van der Waals surface area (Å²) in [5, 5.41) is 11.4. The minimum absolute atomic E-state index is 0.0712. The summed E-state index contributed by atoms with van der Waals surface area (Å²) in [4.78, 5) is 27.7. The summed E-state index contributed by atoms with van der Waals surface area (Å²) < 4.78 is 24.2. The Morgan fingerprint density at radius 1 is 0.974 bits per heavy atom. The van der Waals surface area contributed by atoms with Crippen LogP contribution in [0.2, 0.25) is 0 Å². The molecule has 6 nitrogen and oxygen atoms in total. The predicted molar refractivity (Wildman–Crippen MR) is 141 cm³/mol. The summed E-state index contributed by atoms with van der Waals surface area (Å²) in [7, 11) is 1.53. The van der Waals surface area contributed by atoms with Gasteiger partial charge in [-0.25, -0.2) is 4.39 Å². The molecule has 3 aromatic rings. The van der Waals surface area contributed by atoms with Crippen LogP contribution in [0.4, 0.5) is 4.39 Å². The molecular weight excluding hydrogens is 485 g/mol. The van der Waals surface area contributed by atoms with E-state index in [1.807, 2.05) is 18.2 Å². The molecule has 1 saturated heterocycles. The highest BCUT2D eigenvalue weighted by Gasteiger charge is 2.45. The van der Waals surface area contributed by atoms with Crippen LogP contribution in [-0.2, 0) is 33.8 Å². The minimum Gasteiger partial charge on any atom is -0.507 e. The number of benzene rings is 3. The van der Waals surface area contributed by atoms with E-state index >= 15 is 0 Å². The highest BCUT2D eigenvalue weighted by molar-refractivity contribution is 6.46. The number of nitrogens with zero attached hydrogens (tertiary/aromatic N) is 1. The molecule has 38 heavy (non-hydrogen) atoms. The Balaban J connectivity index is 1.46. The Hall–Kier alpha value is -3.97. The largest absolute Gasteiger partial charge is 0.507 e. The minimum atomic E-state index is -0.757. The number of ketones is 1. The van der Waals surface area contributed by atoms with E-state index in [9.17, 15) is 19.1 Å². The molecule has 0 radical (unpaired) electrons. The van der Waals surface area contributed by atoms with Crippen molar-refractivity contribution in [1.29, 1.82) is 0 Å². The van der Waals surface area contributed by atoms with Gasteiger partial charge in [0, 0.05) is 19.2 Å². The second-order valence-electron chi connectivity index (χ2n) is 9.66. The number of hydrogen-bond donors (Lipinski definition) is 1. The summed E-state index contributed by atoms with van der Waals surface area (Å²) in [5.41, 5.74) is 4.55. The Morgan fingerprint density at radius 2 is 1.68 bits per heavy atom. The van der Waals surface area contributed by atoms with E-state index in [1.165, 1.54) is 35.3 Å². The molecule has 1 amide bonds. The van der Waals surface area contributed by atoms with Gasteiger partial charge in [-0.2, -0.15) is 0 Å². The number of likely N-dealkylation sites (tertiary alicyclic amines) is 1. The average molecular weight is 516 g/mol. The maximum absolute atomic E-state index is 13.2. The number of methoxy groups -OCH3 is 1. The lowest BCUT2D eigenvalue weighted by Gasteiger charge is -2.25. The molecule has 1 fully saturated rings. The first-order valence-corrected chi connectivity index (χ1v) is 12.8. The molecule has 1 N–H and O–H groups in total. The number of halogens is 1. The SMILES string of the molecule is COCCN1C(=O)C(=O)/C(=C(\O)c2ccc3c(c2)CCCC3)C1c1ccc(OCc2ccc(F)cc2)cc1. The van der Waals surface area contributed by atoms with Crippen molar-refractivity contribution in [1.82, 2.24) is 4.90 Å². The van der Waals surface area contributed by atoms with Crippen LogP contribution >= 0.6 is 0 Å². The quantitative estimate of drug-likeness (QED) is 0.249. The summed E-state index contributed by atoms with van der Waals surface area (Å²) in [5.74, 6) is -1.26. The number of hydrogen-bond acceptors (Lipinski definition) is 5. The second kappa shape index (κ2) is 11.2. The molecule has 0 saturated carbocycles. The zero-order valence-electron chi connectivity index (χ0n) is 21.3. The van der Waals surface area contributed by atoms with Gasteiger partial charge in [0.15, 0.2) is 0 Å². The number of aryl methyl sites for hydroxylation is 2. The van der Waals surface area contributed by atoms with Crippen molar-refractivity contribution in [3.8, 4) is 5.75 Å². The van der Waals surface area contributed by atoms with Crippen molar-refractivity contribution in [2.75, 3.05) is 20.3 Å². The fourth-order valence-electron chi connectivity index (χ4n) is 5.18. The zero-order valence-corrected chi connectivity index (χ0v) is 21.3. The van der Waals surface area contributed by atoms with Gasteiger partial charge in [-0.1, -0.05) is 36.4 Å². The number of carbonyl (C=O) groups excluding carboxylic acids is 2. The second-order valence-corrected chi connectivity index (χ2v) is 9.66. The number of fused-ring (bicyclic) bond motifs is 1. The Labute approximate surface area is 221 Å². The molecular formula is C31H30FNO5. The maximum atomic E-state index is 13.2. The summed E-state index contributed by atoms with van der Waals surface area (Å²) >= 11 is 0. The fraction of sp³-hybridized carbons (Fsp3) is 0.290. The van der Waals surface area contributed by atoms with E-state index in [2.05, 4.69) is 0 Å². The third kappa shape index (κ3) is 5.20. The van der Waals surface area contributed by atoms with Gasteiger partial charge < -0.3 is 19.5 Å². The molecule has 1 aliphatic carbocycles. The van der Waals surface area contributed by atoms with Crippen LogP contribution in [-0.4, -0.2) is 42.0 Å². The van der Waals surface area contributed by atoms with Gasteiger partial charge in [0.05, 0.1) is 18.2 Å². The molecule has 2 aliphatic rings. The van der Waals surface area contributed by atoms with Gasteiger partial charge in [0.25, 0.3) is 11.7 Å². The molecule has 1 unspecified atom stereocenters. The predicted octanol–water partition coefficient (Wildman–Crippen LogP) is 5.35. The van der Waals surface area contributed by atoms with Crippen molar-refractivity contribution < 1.29 is 28.6 Å². The van der Waals surface area contributed by atoms with Crippen LogP contribution < -0.4 is 4.74 Å². The number of carbonyl (C=O) groups is 2. The first-order valence-electron chi connectivity index (χ1n) is 12.8. The van der Waals surface area contributed by atoms with Gasteiger partial charge in [0.1, 0.15) is 23.9 Å². The van der Waals surface area contributed by atoms with Crippen LogP contribution in [0.5, 0.6) is 5.75 Å². The topological polar surface area (TPSA) is 76.1 Å². The van der Waals surface area contributed by atoms with Crippen LogP contribution in [0, 0.1) is 5.82 Å². The summed E-state index contributed by atoms with van der Waals surface area (Å²) in [6, 6.07) is 18.2. The third-order valence-corrected chi connectivity index (χ3v) is 7.21. The number of amides is 1. The highest BCUT2D eigenvalue weighted by atomic mass is 19.1. The van der Waals surface area contributed by atoms with Crippen LogP contribution in [0.3, 0.4) is 0 Å². The number of aliphatic hydroxyl groups is 1. The highest BCUT2D eigenvalue weighted by Crippen LogP contribution is 2.40. The Morgan fingerprint density at radius 3 is 2.39 bits per heavy atom. The summed E-state index contributed by atoms with van der Waals surface area (Å²) in [6.07, 6.45) is 4.18. The molecule has 0 aromatic heterocycles. The van der Waals surface area contributed by atoms with Gasteiger partial charge in [-0.3, -0.25) is 9.59 Å². The normalized spacial score (nSPS) is 18.5. The molecule has 1 heterocycles. The van der Waals surface area contributed by atoms with Crippen molar-refractivity contribution in [3.05, 3.63) is 106 Å². The number of rotatable bonds is 8. The average Bonchev–Trinajstić information content (AvgIpc) is 3.20. The standard InChI is InChI=1S/C31H30FNO5/c1-37-17-16-33-28(22-10-14-26(15-11-22)38-19-20-6-12-25(32)13-7-20)27(30(35)31(33)36)29(34)24-9-8-21-4-2-3-5-23(21)18-24/h6-15,18,28,34H,2-5,16-17,19H2,1H3/b29-27-. The van der Waals surface area contributed by atoms with Crippen molar-refractivity contribution in [3.63, 3.8) is 0 Å². The molecule has 1 atom stereocenters. The zero-order chi connectivity index (χ0) is 26.6. The van der Waals surface area contributed by atoms with Gasteiger partial charge in [-0.15, -0.1) is 0 Å². The molecule has 7 heteroatoms. The van der Waals surface area contributed by atoms with Crippen LogP contribution in [0.15, 0.2) is 72.3 Å². The third-order valence-electron chi connectivity index (χ3n) is 7.21. The molecule has 0 bridgehead atoms. The molecule has 3 aromatic carbocycles. The van der Waals surface area contributed by atoms with Crippen molar-refractivity contribution in [2.24, 2.45) is 0 Å². The smallest absolute Gasteiger partial charge is 0.295 e. The van der Waals surface area contributed by atoms with Crippen molar-refractivity contribution in [2.45, 2.75) is 38.3 Å². The van der Waals surface area contributed by atoms with Crippen LogP contribution in [0.1, 0.15) is 46.7 Å². The van der Waals surface area contributed by atoms with E-state index in [0.29, 0.717) is 16.9 Å². The lowest BCUT2D eigenvalue weighted by Crippen LogP contribution is -2.32. The molecule has 1 aliphatic heterocycles. The first-order chi connectivity index (χ1) is 18.5. The lowest BCUT2D eigenvalue weighted by molar-refractivity contribution is -0.140. The number of aliphatic hydroxyl groups excluding tert-OH is 1.